The van der Waals surface area contributed by atoms with Crippen LogP contribution in [0.5, 0.6) is 0 Å². The Kier molecular flexibility index (Phi) is 6.81. The average Bonchev–Trinajstić information content (AvgIpc) is 2.14. The topological polar surface area (TPSA) is 61.8 Å². The Morgan fingerprint density at radius 1 is 1.20 bits per heavy atom. The number of carbonyl (C=O) groups excluding carboxylic acids is 1. The molecule has 0 bridgehead atoms. The molecule has 15 heavy (non-hydrogen) atoms. The molecule has 0 aromatic carbocycles. The van der Waals surface area contributed by atoms with E-state index in [4.69, 9.17) is 13.8 Å². The van der Waals surface area contributed by atoms with Crippen molar-refractivity contribution in [1.29, 1.82) is 0 Å². The molecule has 5 nitrogen and oxygen atoms in total. The quantitative estimate of drug-likeness (QED) is 0.503. The van der Waals surface area contributed by atoms with Crippen LogP contribution in [0.4, 0.5) is 0 Å². The number of carbonyl (C=O) groups is 1. The largest absolute Gasteiger partial charge is 0.450 e. The molecule has 0 aliphatic carbocycles. The Balaban J connectivity index is 4.68. The number of ether oxygens (including phenoxy) is 1. The van der Waals surface area contributed by atoms with E-state index in [0.717, 1.165) is 0 Å². The summed E-state index contributed by atoms with van der Waals surface area (Å²) in [6.07, 6.45) is 0.400. The third-order valence-electron chi connectivity index (χ3n) is 1.62. The van der Waals surface area contributed by atoms with Crippen LogP contribution in [0.3, 0.4) is 0 Å². The molecule has 0 saturated heterocycles. The van der Waals surface area contributed by atoms with Crippen molar-refractivity contribution in [3.05, 3.63) is 0 Å². The normalized spacial score (nSPS) is 13.6. The van der Waals surface area contributed by atoms with Gasteiger partial charge in [-0.1, -0.05) is 6.92 Å². The van der Waals surface area contributed by atoms with Crippen LogP contribution < -0.4 is 0 Å². The second-order valence-corrected chi connectivity index (χ2v) is 5.02. The molecule has 1 atom stereocenters. The van der Waals surface area contributed by atoms with E-state index in [1.807, 2.05) is 0 Å². The van der Waals surface area contributed by atoms with Crippen molar-refractivity contribution in [1.82, 2.24) is 0 Å². The zero-order chi connectivity index (χ0) is 11.9. The second kappa shape index (κ2) is 6.99. The molecular weight excluding hydrogens is 219 g/mol. The molecule has 0 amide bonds. The Morgan fingerprint density at radius 3 is 1.93 bits per heavy atom. The predicted molar refractivity (Wildman–Crippen MR) is 56.7 cm³/mol. The maximum Gasteiger partial charge on any atom is 0.370 e. The fraction of sp³-hybridized carbons (Fsp3) is 0.889. The lowest BCUT2D eigenvalue weighted by molar-refractivity contribution is -0.143. The van der Waals surface area contributed by atoms with Gasteiger partial charge in [-0.25, -0.2) is 0 Å². The van der Waals surface area contributed by atoms with Crippen molar-refractivity contribution < 1.29 is 23.1 Å². The highest BCUT2D eigenvalue weighted by Gasteiger charge is 2.36. The summed E-state index contributed by atoms with van der Waals surface area (Å²) in [5.74, 6) is -1.30. The summed E-state index contributed by atoms with van der Waals surface area (Å²) in [4.78, 5) is 10.8. The van der Waals surface area contributed by atoms with Gasteiger partial charge in [0.05, 0.1) is 13.2 Å². The Bertz CT molecular complexity index is 231. The summed E-state index contributed by atoms with van der Waals surface area (Å²) >= 11 is 0. The average molecular weight is 238 g/mol. The minimum absolute atomic E-state index is 0.259. The summed E-state index contributed by atoms with van der Waals surface area (Å²) in [6.45, 7) is 6.98. The Labute approximate surface area is 90.6 Å². The van der Waals surface area contributed by atoms with Crippen LogP contribution >= 0.6 is 7.60 Å². The SMILES string of the molecule is CCOP(=O)(OCC)C(CC)OC(C)=O. The van der Waals surface area contributed by atoms with Gasteiger partial charge in [-0.3, -0.25) is 9.36 Å². The molecule has 0 aromatic heterocycles. The van der Waals surface area contributed by atoms with Crippen molar-refractivity contribution in [2.45, 2.75) is 40.0 Å². The molecule has 0 radical (unpaired) electrons. The van der Waals surface area contributed by atoms with Crippen LogP contribution in [0, 0.1) is 0 Å². The third-order valence-corrected chi connectivity index (χ3v) is 4.03. The van der Waals surface area contributed by atoms with Gasteiger partial charge in [-0.05, 0) is 20.3 Å². The minimum Gasteiger partial charge on any atom is -0.450 e. The van der Waals surface area contributed by atoms with Crippen LogP contribution in [0.1, 0.15) is 34.1 Å². The van der Waals surface area contributed by atoms with Crippen LogP contribution in [0.25, 0.3) is 0 Å². The fourth-order valence-electron chi connectivity index (χ4n) is 1.13. The van der Waals surface area contributed by atoms with E-state index >= 15 is 0 Å². The van der Waals surface area contributed by atoms with Gasteiger partial charge in [0.15, 0.2) is 0 Å². The lowest BCUT2D eigenvalue weighted by Crippen LogP contribution is -2.19. The van der Waals surface area contributed by atoms with Gasteiger partial charge in [0.2, 0.25) is 5.85 Å². The van der Waals surface area contributed by atoms with Gasteiger partial charge < -0.3 is 13.8 Å². The first-order valence-electron chi connectivity index (χ1n) is 5.06. The first-order chi connectivity index (χ1) is 7.00. The highest BCUT2D eigenvalue weighted by molar-refractivity contribution is 7.54. The summed E-state index contributed by atoms with van der Waals surface area (Å²) < 4.78 is 27.2. The van der Waals surface area contributed by atoms with Crippen molar-refractivity contribution in [3.63, 3.8) is 0 Å². The van der Waals surface area contributed by atoms with Gasteiger partial charge in [0.25, 0.3) is 0 Å². The Morgan fingerprint density at radius 2 is 1.67 bits per heavy atom. The van der Waals surface area contributed by atoms with Crippen molar-refractivity contribution in [3.8, 4) is 0 Å². The Hall–Kier alpha value is -0.380. The maximum atomic E-state index is 12.2. The zero-order valence-electron chi connectivity index (χ0n) is 9.69. The van der Waals surface area contributed by atoms with Crippen molar-refractivity contribution in [2.75, 3.05) is 13.2 Å². The molecule has 0 aromatic rings. The summed E-state index contributed by atoms with van der Waals surface area (Å²) in [6, 6.07) is 0. The molecule has 0 aliphatic rings. The van der Waals surface area contributed by atoms with E-state index in [1.54, 1.807) is 20.8 Å². The fourth-order valence-corrected chi connectivity index (χ4v) is 2.98. The molecule has 0 aliphatic heterocycles. The molecule has 0 fully saturated rings. The van der Waals surface area contributed by atoms with E-state index in [1.165, 1.54) is 6.92 Å². The standard InChI is InChI=1S/C9H19O5P/c1-5-9(14-8(4)10)15(11,12-6-2)13-7-3/h9H,5-7H2,1-4H3. The monoisotopic (exact) mass is 238 g/mol. The van der Waals surface area contributed by atoms with Crippen LogP contribution in [-0.4, -0.2) is 25.0 Å². The molecule has 0 rings (SSSR count). The smallest absolute Gasteiger partial charge is 0.370 e. The summed E-state index contributed by atoms with van der Waals surface area (Å²) in [5.41, 5.74) is 0. The molecule has 1 unspecified atom stereocenters. The zero-order valence-corrected chi connectivity index (χ0v) is 10.6. The first-order valence-corrected chi connectivity index (χ1v) is 6.67. The molecule has 0 N–H and O–H groups in total. The first kappa shape index (κ1) is 14.6. The number of rotatable bonds is 7. The van der Waals surface area contributed by atoms with E-state index in [9.17, 15) is 9.36 Å². The lowest BCUT2D eigenvalue weighted by Gasteiger charge is -2.24. The molecular formula is C9H19O5P. The van der Waals surface area contributed by atoms with Crippen molar-refractivity contribution >= 4 is 13.6 Å². The van der Waals surface area contributed by atoms with Gasteiger partial charge >= 0.3 is 13.6 Å². The summed E-state index contributed by atoms with van der Waals surface area (Å²) in [5, 5.41) is 0. The minimum atomic E-state index is -3.33. The van der Waals surface area contributed by atoms with Crippen molar-refractivity contribution in [2.24, 2.45) is 0 Å². The van der Waals surface area contributed by atoms with Gasteiger partial charge in [0.1, 0.15) is 0 Å². The summed E-state index contributed by atoms with van der Waals surface area (Å²) in [7, 11) is -3.33. The molecule has 0 heterocycles. The van der Waals surface area contributed by atoms with Gasteiger partial charge in [-0.2, -0.15) is 0 Å². The number of hydrogen-bond acceptors (Lipinski definition) is 5. The molecule has 6 heteroatoms. The van der Waals surface area contributed by atoms with Gasteiger partial charge in [-0.15, -0.1) is 0 Å². The van der Waals surface area contributed by atoms with Crippen LogP contribution in [0.15, 0.2) is 0 Å². The second-order valence-electron chi connectivity index (χ2n) is 2.85. The highest BCUT2D eigenvalue weighted by atomic mass is 31.2. The van der Waals surface area contributed by atoms with E-state index in [-0.39, 0.29) is 13.2 Å². The lowest BCUT2D eigenvalue weighted by atomic mass is 10.5. The van der Waals surface area contributed by atoms with E-state index < -0.39 is 19.4 Å². The van der Waals surface area contributed by atoms with E-state index in [2.05, 4.69) is 0 Å². The maximum absolute atomic E-state index is 12.2. The van der Waals surface area contributed by atoms with Crippen LogP contribution in [-0.2, 0) is 23.1 Å². The molecule has 90 valence electrons. The molecule has 0 spiro atoms. The van der Waals surface area contributed by atoms with Gasteiger partial charge in [0, 0.05) is 6.92 Å². The predicted octanol–water partition coefficient (Wildman–Crippen LogP) is 2.55. The third kappa shape index (κ3) is 4.78. The molecule has 0 saturated carbocycles. The number of esters is 1. The highest BCUT2D eigenvalue weighted by Crippen LogP contribution is 2.54. The number of hydrogen-bond donors (Lipinski definition) is 0. The van der Waals surface area contributed by atoms with Crippen LogP contribution in [0.2, 0.25) is 0 Å². The van der Waals surface area contributed by atoms with E-state index in [0.29, 0.717) is 6.42 Å².